The van der Waals surface area contributed by atoms with Gasteiger partial charge in [0.05, 0.1) is 12.5 Å². The zero-order valence-corrected chi connectivity index (χ0v) is 15.0. The second-order valence-electron chi connectivity index (χ2n) is 7.49. The van der Waals surface area contributed by atoms with Gasteiger partial charge in [0.2, 0.25) is 0 Å². The zero-order chi connectivity index (χ0) is 16.8. The van der Waals surface area contributed by atoms with Gasteiger partial charge in [0, 0.05) is 12.5 Å². The van der Waals surface area contributed by atoms with Crippen molar-refractivity contribution in [2.75, 3.05) is 6.61 Å². The predicted octanol–water partition coefficient (Wildman–Crippen LogP) is 4.38. The Bertz CT molecular complexity index is 427. The Kier molecular flexibility index (Phi) is 6.73. The fourth-order valence-electron chi connectivity index (χ4n) is 4.22. The summed E-state index contributed by atoms with van der Waals surface area (Å²) in [6, 6.07) is 0. The molecule has 0 N–H and O–H groups in total. The zero-order valence-electron chi connectivity index (χ0n) is 15.0. The van der Waals surface area contributed by atoms with Gasteiger partial charge >= 0.3 is 5.97 Å². The molecule has 3 rings (SSSR count). The first-order valence-electron chi connectivity index (χ1n) is 9.91. The summed E-state index contributed by atoms with van der Waals surface area (Å²) in [4.78, 5) is 11.5. The monoisotopic (exact) mass is 336 g/mol. The van der Waals surface area contributed by atoms with Crippen molar-refractivity contribution in [3.8, 4) is 0 Å². The highest BCUT2D eigenvalue weighted by molar-refractivity contribution is 5.72. The normalized spacial score (nSPS) is 34.5. The Morgan fingerprint density at radius 2 is 2.17 bits per heavy atom. The van der Waals surface area contributed by atoms with Crippen LogP contribution >= 0.6 is 0 Å². The van der Waals surface area contributed by atoms with Crippen LogP contribution in [-0.4, -0.2) is 31.1 Å². The molecule has 0 aromatic rings. The molecule has 5 atom stereocenters. The van der Waals surface area contributed by atoms with Crippen molar-refractivity contribution in [3.05, 3.63) is 12.2 Å². The average molecular weight is 336 g/mol. The maximum absolute atomic E-state index is 11.5. The van der Waals surface area contributed by atoms with Crippen molar-refractivity contribution < 1.29 is 19.0 Å². The second-order valence-corrected chi connectivity index (χ2v) is 7.49. The third-order valence-electron chi connectivity index (χ3n) is 5.63. The first kappa shape index (κ1) is 17.9. The number of rotatable bonds is 8. The van der Waals surface area contributed by atoms with Crippen LogP contribution in [0.2, 0.25) is 0 Å². The van der Waals surface area contributed by atoms with Crippen molar-refractivity contribution in [1.82, 2.24) is 0 Å². The Labute approximate surface area is 145 Å². The molecule has 136 valence electrons. The summed E-state index contributed by atoms with van der Waals surface area (Å²) in [6.07, 6.45) is 15.6. The Balaban J connectivity index is 1.54. The predicted molar refractivity (Wildman–Crippen MR) is 92.5 cm³/mol. The van der Waals surface area contributed by atoms with Crippen LogP contribution in [0.15, 0.2) is 12.2 Å². The third-order valence-corrected chi connectivity index (χ3v) is 5.63. The number of allylic oxidation sites excluding steroid dienone is 1. The van der Waals surface area contributed by atoms with Gasteiger partial charge in [0.1, 0.15) is 6.10 Å². The lowest BCUT2D eigenvalue weighted by molar-refractivity contribution is -0.179. The third kappa shape index (κ3) is 4.82. The summed E-state index contributed by atoms with van der Waals surface area (Å²) < 4.78 is 17.4. The van der Waals surface area contributed by atoms with Gasteiger partial charge in [-0.3, -0.25) is 4.79 Å². The van der Waals surface area contributed by atoms with E-state index in [-0.39, 0.29) is 24.5 Å². The van der Waals surface area contributed by atoms with Gasteiger partial charge in [-0.2, -0.15) is 0 Å². The van der Waals surface area contributed by atoms with Gasteiger partial charge < -0.3 is 14.2 Å². The first-order chi connectivity index (χ1) is 11.8. The fourth-order valence-corrected chi connectivity index (χ4v) is 4.22. The number of hydrogen-bond donors (Lipinski definition) is 0. The molecular weight excluding hydrogens is 304 g/mol. The number of hydrogen-bond acceptors (Lipinski definition) is 4. The van der Waals surface area contributed by atoms with Crippen molar-refractivity contribution in [2.45, 2.75) is 89.6 Å². The van der Waals surface area contributed by atoms with E-state index >= 15 is 0 Å². The van der Waals surface area contributed by atoms with Crippen LogP contribution in [0.4, 0.5) is 0 Å². The van der Waals surface area contributed by atoms with E-state index in [1.54, 1.807) is 0 Å². The van der Waals surface area contributed by atoms with Gasteiger partial charge in [-0.05, 0) is 44.4 Å². The van der Waals surface area contributed by atoms with E-state index < -0.39 is 0 Å². The molecule has 2 heterocycles. The van der Waals surface area contributed by atoms with Crippen LogP contribution in [0.5, 0.6) is 0 Å². The number of ether oxygens (including phenoxy) is 3. The number of fused-ring (bicyclic) bond motifs is 1. The lowest BCUT2D eigenvalue weighted by Crippen LogP contribution is -2.27. The highest BCUT2D eigenvalue weighted by Gasteiger charge is 2.43. The van der Waals surface area contributed by atoms with E-state index in [2.05, 4.69) is 19.1 Å². The van der Waals surface area contributed by atoms with Crippen molar-refractivity contribution in [1.29, 1.82) is 0 Å². The van der Waals surface area contributed by atoms with Crippen LogP contribution in [0.1, 0.15) is 71.1 Å². The minimum atomic E-state index is -0.0391. The van der Waals surface area contributed by atoms with Gasteiger partial charge in [-0.25, -0.2) is 0 Å². The quantitative estimate of drug-likeness (QED) is 0.375. The van der Waals surface area contributed by atoms with Crippen LogP contribution in [0.25, 0.3) is 0 Å². The Morgan fingerprint density at radius 3 is 2.96 bits per heavy atom. The lowest BCUT2D eigenvalue weighted by Gasteiger charge is -2.27. The summed E-state index contributed by atoms with van der Waals surface area (Å²) in [6.45, 7) is 3.05. The largest absolute Gasteiger partial charge is 0.462 e. The van der Waals surface area contributed by atoms with Crippen molar-refractivity contribution in [2.24, 2.45) is 11.8 Å². The number of carbonyl (C=O) groups excluding carboxylic acids is 1. The molecule has 0 amide bonds. The molecule has 1 aliphatic carbocycles. The molecule has 2 aliphatic heterocycles. The molecule has 3 fully saturated rings. The van der Waals surface area contributed by atoms with Crippen LogP contribution < -0.4 is 0 Å². The molecule has 4 heteroatoms. The van der Waals surface area contributed by atoms with E-state index in [9.17, 15) is 4.79 Å². The van der Waals surface area contributed by atoms with Gasteiger partial charge in [-0.15, -0.1) is 0 Å². The molecule has 1 saturated carbocycles. The molecule has 3 aliphatic rings. The highest BCUT2D eigenvalue weighted by Crippen LogP contribution is 2.41. The lowest BCUT2D eigenvalue weighted by atomic mass is 9.92. The standard InChI is InChI=1S/C20H32O4/c1-2-3-4-7-16(23-20-8-5-6-13-22-20)11-9-15-10-12-18-17(15)14-19(21)24-18/h9,11,15-18,20H,2-8,10,12-14H2,1H3/b11-9+/t15-,16+,17+,18-,20?/m1/s1. The van der Waals surface area contributed by atoms with E-state index in [1.807, 2.05) is 0 Å². The van der Waals surface area contributed by atoms with Crippen LogP contribution in [-0.2, 0) is 19.0 Å². The van der Waals surface area contributed by atoms with Crippen molar-refractivity contribution in [3.63, 3.8) is 0 Å². The number of carbonyl (C=O) groups is 1. The maximum atomic E-state index is 11.5. The number of esters is 1. The minimum Gasteiger partial charge on any atom is -0.462 e. The molecule has 0 spiro atoms. The van der Waals surface area contributed by atoms with Gasteiger partial charge in [-0.1, -0.05) is 38.3 Å². The van der Waals surface area contributed by atoms with Crippen molar-refractivity contribution >= 4 is 5.97 Å². The molecule has 4 nitrogen and oxygen atoms in total. The Hall–Kier alpha value is -0.870. The van der Waals surface area contributed by atoms with Gasteiger partial charge in [0.15, 0.2) is 6.29 Å². The summed E-state index contributed by atoms with van der Waals surface area (Å²) in [5.41, 5.74) is 0. The minimum absolute atomic E-state index is 0.0190. The maximum Gasteiger partial charge on any atom is 0.306 e. The van der Waals surface area contributed by atoms with Gasteiger partial charge in [0.25, 0.3) is 0 Å². The fraction of sp³-hybridized carbons (Fsp3) is 0.850. The van der Waals surface area contributed by atoms with E-state index in [1.165, 1.54) is 25.7 Å². The molecule has 0 aromatic carbocycles. The topological polar surface area (TPSA) is 44.8 Å². The molecule has 0 radical (unpaired) electrons. The molecule has 24 heavy (non-hydrogen) atoms. The molecule has 1 unspecified atom stereocenters. The van der Waals surface area contributed by atoms with Crippen LogP contribution in [0, 0.1) is 11.8 Å². The smallest absolute Gasteiger partial charge is 0.306 e. The molecule has 0 aromatic heterocycles. The Morgan fingerprint density at radius 1 is 1.25 bits per heavy atom. The van der Waals surface area contributed by atoms with Crippen LogP contribution in [0.3, 0.4) is 0 Å². The summed E-state index contributed by atoms with van der Waals surface area (Å²) >= 11 is 0. The highest BCUT2D eigenvalue weighted by atomic mass is 16.7. The molecular formula is C20H32O4. The molecule has 2 saturated heterocycles. The number of unbranched alkanes of at least 4 members (excludes halogenated alkanes) is 2. The van der Waals surface area contributed by atoms with E-state index in [4.69, 9.17) is 14.2 Å². The average Bonchev–Trinajstić information content (AvgIpc) is 3.13. The first-order valence-corrected chi connectivity index (χ1v) is 9.91. The SMILES string of the molecule is CCCCC[C@@H](/C=C/[C@@H]1CC[C@H]2OC(=O)C[C@@H]12)OC1CCCCO1. The molecule has 0 bridgehead atoms. The second kappa shape index (κ2) is 9.00. The van der Waals surface area contributed by atoms with E-state index in [0.29, 0.717) is 18.3 Å². The summed E-state index contributed by atoms with van der Waals surface area (Å²) in [7, 11) is 0. The summed E-state index contributed by atoms with van der Waals surface area (Å²) in [5.74, 6) is 0.830. The van der Waals surface area contributed by atoms with E-state index in [0.717, 1.165) is 38.7 Å². The summed E-state index contributed by atoms with van der Waals surface area (Å²) in [5, 5.41) is 0.